The van der Waals surface area contributed by atoms with Crippen LogP contribution < -0.4 is 5.73 Å². The summed E-state index contributed by atoms with van der Waals surface area (Å²) in [7, 11) is 0. The lowest BCUT2D eigenvalue weighted by Crippen LogP contribution is -2.32. The molecule has 1 aliphatic carbocycles. The fourth-order valence-electron chi connectivity index (χ4n) is 2.89. The maximum atomic E-state index is 6.27. The van der Waals surface area contributed by atoms with Crippen LogP contribution in [0.2, 0.25) is 0 Å². The Morgan fingerprint density at radius 1 is 1.07 bits per heavy atom. The van der Waals surface area contributed by atoms with Crippen LogP contribution in [0.25, 0.3) is 0 Å². The van der Waals surface area contributed by atoms with Crippen molar-refractivity contribution in [1.82, 2.24) is 0 Å². The van der Waals surface area contributed by atoms with Gasteiger partial charge in [0.1, 0.15) is 0 Å². The highest BCUT2D eigenvalue weighted by atomic mass is 14.6. The van der Waals surface area contributed by atoms with Crippen molar-refractivity contribution in [2.75, 3.05) is 0 Å². The van der Waals surface area contributed by atoms with E-state index in [1.54, 1.807) is 0 Å². The average Bonchev–Trinajstić information content (AvgIpc) is 2.21. The molecular formula is C13H27N. The van der Waals surface area contributed by atoms with Crippen LogP contribution in [0.1, 0.15) is 65.2 Å². The Hall–Kier alpha value is -0.0400. The molecule has 84 valence electrons. The third kappa shape index (κ3) is 3.61. The molecule has 1 atom stereocenters. The van der Waals surface area contributed by atoms with Gasteiger partial charge in [0.25, 0.3) is 0 Å². The molecule has 0 aromatic carbocycles. The quantitative estimate of drug-likeness (QED) is 0.714. The summed E-state index contributed by atoms with van der Waals surface area (Å²) in [6.07, 6.45) is 11.0. The number of rotatable bonds is 5. The van der Waals surface area contributed by atoms with E-state index in [9.17, 15) is 0 Å². The molecule has 0 bridgehead atoms. The Kier molecular flexibility index (Phi) is 5.54. The highest BCUT2D eigenvalue weighted by Crippen LogP contribution is 2.29. The highest BCUT2D eigenvalue weighted by Gasteiger charge is 2.20. The minimum atomic E-state index is 0.466. The lowest BCUT2D eigenvalue weighted by atomic mass is 9.81. The second-order valence-electron chi connectivity index (χ2n) is 4.98. The second-order valence-corrected chi connectivity index (χ2v) is 4.98. The standard InChI is InChI=1S/C13H27N/c1-3-12(4-2)13(14)10-11-8-6-5-7-9-11/h11-13H,3-10,14H2,1-2H3. The summed E-state index contributed by atoms with van der Waals surface area (Å²) in [6.45, 7) is 4.55. The molecule has 0 amide bonds. The van der Waals surface area contributed by atoms with Gasteiger partial charge in [0.05, 0.1) is 0 Å². The van der Waals surface area contributed by atoms with Crippen molar-refractivity contribution in [1.29, 1.82) is 0 Å². The van der Waals surface area contributed by atoms with E-state index in [0.717, 1.165) is 11.8 Å². The number of hydrogen-bond acceptors (Lipinski definition) is 1. The summed E-state index contributed by atoms with van der Waals surface area (Å²) in [5.74, 6) is 1.70. The summed E-state index contributed by atoms with van der Waals surface area (Å²) in [6, 6.07) is 0.466. The van der Waals surface area contributed by atoms with Crippen molar-refractivity contribution in [3.05, 3.63) is 0 Å². The maximum absolute atomic E-state index is 6.27. The summed E-state index contributed by atoms with van der Waals surface area (Å²) < 4.78 is 0. The molecular weight excluding hydrogens is 170 g/mol. The van der Waals surface area contributed by atoms with Gasteiger partial charge in [-0.05, 0) is 18.3 Å². The Labute approximate surface area is 89.5 Å². The minimum Gasteiger partial charge on any atom is -0.327 e. The van der Waals surface area contributed by atoms with E-state index in [-0.39, 0.29) is 0 Å². The van der Waals surface area contributed by atoms with Gasteiger partial charge in [-0.25, -0.2) is 0 Å². The van der Waals surface area contributed by atoms with E-state index in [2.05, 4.69) is 13.8 Å². The van der Waals surface area contributed by atoms with E-state index < -0.39 is 0 Å². The molecule has 0 saturated heterocycles. The molecule has 0 radical (unpaired) electrons. The van der Waals surface area contributed by atoms with Crippen LogP contribution in [-0.4, -0.2) is 6.04 Å². The summed E-state index contributed by atoms with van der Waals surface area (Å²) in [5, 5.41) is 0. The van der Waals surface area contributed by atoms with Crippen LogP contribution in [-0.2, 0) is 0 Å². The Bertz CT molecular complexity index is 134. The van der Waals surface area contributed by atoms with E-state index in [0.29, 0.717) is 6.04 Å². The molecule has 0 aromatic rings. The molecule has 0 spiro atoms. The zero-order valence-corrected chi connectivity index (χ0v) is 9.97. The normalized spacial score (nSPS) is 21.4. The molecule has 2 N–H and O–H groups in total. The molecule has 1 unspecified atom stereocenters. The number of nitrogens with two attached hydrogens (primary N) is 1. The van der Waals surface area contributed by atoms with Crippen LogP contribution in [0.5, 0.6) is 0 Å². The topological polar surface area (TPSA) is 26.0 Å². The van der Waals surface area contributed by atoms with E-state index in [4.69, 9.17) is 5.73 Å². The van der Waals surface area contributed by atoms with Gasteiger partial charge in [-0.15, -0.1) is 0 Å². The van der Waals surface area contributed by atoms with Crippen molar-refractivity contribution >= 4 is 0 Å². The first-order chi connectivity index (χ1) is 6.77. The van der Waals surface area contributed by atoms with Crippen molar-refractivity contribution in [3.63, 3.8) is 0 Å². The largest absolute Gasteiger partial charge is 0.327 e. The van der Waals surface area contributed by atoms with Gasteiger partial charge in [0.15, 0.2) is 0 Å². The van der Waals surface area contributed by atoms with Crippen LogP contribution >= 0.6 is 0 Å². The third-order valence-corrected chi connectivity index (χ3v) is 3.98. The van der Waals surface area contributed by atoms with Crippen LogP contribution in [0.4, 0.5) is 0 Å². The average molecular weight is 197 g/mol. The first kappa shape index (κ1) is 12.0. The van der Waals surface area contributed by atoms with Gasteiger partial charge in [0, 0.05) is 6.04 Å². The second kappa shape index (κ2) is 6.44. The molecule has 1 nitrogen and oxygen atoms in total. The Balaban J connectivity index is 2.26. The zero-order chi connectivity index (χ0) is 10.4. The first-order valence-corrected chi connectivity index (χ1v) is 6.53. The van der Waals surface area contributed by atoms with Gasteiger partial charge in [0.2, 0.25) is 0 Å². The molecule has 0 heterocycles. The lowest BCUT2D eigenvalue weighted by molar-refractivity contribution is 0.272. The van der Waals surface area contributed by atoms with Crippen LogP contribution in [0.3, 0.4) is 0 Å². The van der Waals surface area contributed by atoms with E-state index in [1.165, 1.54) is 51.4 Å². The van der Waals surface area contributed by atoms with Crippen molar-refractivity contribution in [2.24, 2.45) is 17.6 Å². The number of hydrogen-bond donors (Lipinski definition) is 1. The van der Waals surface area contributed by atoms with Gasteiger partial charge >= 0.3 is 0 Å². The molecule has 1 aliphatic rings. The van der Waals surface area contributed by atoms with Crippen LogP contribution in [0, 0.1) is 11.8 Å². The fraction of sp³-hybridized carbons (Fsp3) is 1.00. The Morgan fingerprint density at radius 2 is 1.64 bits per heavy atom. The first-order valence-electron chi connectivity index (χ1n) is 6.53. The van der Waals surface area contributed by atoms with Crippen LogP contribution in [0.15, 0.2) is 0 Å². The summed E-state index contributed by atoms with van der Waals surface area (Å²) in [4.78, 5) is 0. The molecule has 1 saturated carbocycles. The fourth-order valence-corrected chi connectivity index (χ4v) is 2.89. The molecule has 1 rings (SSSR count). The monoisotopic (exact) mass is 197 g/mol. The van der Waals surface area contributed by atoms with Gasteiger partial charge in [-0.1, -0.05) is 58.8 Å². The van der Waals surface area contributed by atoms with E-state index in [1.807, 2.05) is 0 Å². The smallest absolute Gasteiger partial charge is 0.00695 e. The third-order valence-electron chi connectivity index (χ3n) is 3.98. The molecule has 0 aromatic heterocycles. The van der Waals surface area contributed by atoms with Crippen molar-refractivity contribution in [3.8, 4) is 0 Å². The predicted octanol–water partition coefficient (Wildman–Crippen LogP) is 3.72. The highest BCUT2D eigenvalue weighted by molar-refractivity contribution is 4.76. The summed E-state index contributed by atoms with van der Waals surface area (Å²) >= 11 is 0. The predicted molar refractivity (Wildman–Crippen MR) is 63.2 cm³/mol. The lowest BCUT2D eigenvalue weighted by Gasteiger charge is -2.28. The van der Waals surface area contributed by atoms with Crippen molar-refractivity contribution < 1.29 is 0 Å². The van der Waals surface area contributed by atoms with E-state index >= 15 is 0 Å². The van der Waals surface area contributed by atoms with Crippen molar-refractivity contribution in [2.45, 2.75) is 71.3 Å². The molecule has 1 fully saturated rings. The van der Waals surface area contributed by atoms with Gasteiger partial charge < -0.3 is 5.73 Å². The minimum absolute atomic E-state index is 0.466. The molecule has 14 heavy (non-hydrogen) atoms. The molecule has 1 heteroatoms. The summed E-state index contributed by atoms with van der Waals surface area (Å²) in [5.41, 5.74) is 6.27. The zero-order valence-electron chi connectivity index (χ0n) is 9.97. The Morgan fingerprint density at radius 3 is 2.14 bits per heavy atom. The van der Waals surface area contributed by atoms with Gasteiger partial charge in [-0.3, -0.25) is 0 Å². The molecule has 0 aliphatic heterocycles. The van der Waals surface area contributed by atoms with Gasteiger partial charge in [-0.2, -0.15) is 0 Å². The maximum Gasteiger partial charge on any atom is 0.00695 e. The SMILES string of the molecule is CCC(CC)C(N)CC1CCCCC1.